The fourth-order valence-electron chi connectivity index (χ4n) is 4.89. The summed E-state index contributed by atoms with van der Waals surface area (Å²) in [5.74, 6) is 1.64. The fraction of sp³-hybridized carbons (Fsp3) is 0.138. The van der Waals surface area contributed by atoms with Crippen molar-refractivity contribution in [3.63, 3.8) is 0 Å². The minimum atomic E-state index is 0.197. The van der Waals surface area contributed by atoms with E-state index in [1.54, 1.807) is 0 Å². The third-order valence-corrected chi connectivity index (χ3v) is 6.59. The predicted octanol–water partition coefficient (Wildman–Crippen LogP) is 5.74. The summed E-state index contributed by atoms with van der Waals surface area (Å²) >= 11 is 0. The second-order valence-electron chi connectivity index (χ2n) is 8.92. The third-order valence-electron chi connectivity index (χ3n) is 6.59. The zero-order chi connectivity index (χ0) is 24.6. The molecule has 0 amide bonds. The molecular weight excluding hydrogens is 464 g/mol. The van der Waals surface area contributed by atoms with E-state index >= 15 is 0 Å². The van der Waals surface area contributed by atoms with Crippen molar-refractivity contribution in [2.24, 2.45) is 0 Å². The number of hydrogen-bond acceptors (Lipinski definition) is 7. The largest absolute Gasteiger partial charge is 0.485 e. The molecule has 37 heavy (non-hydrogen) atoms. The van der Waals surface area contributed by atoms with Crippen LogP contribution in [-0.2, 0) is 19.6 Å². The lowest BCUT2D eigenvalue weighted by atomic mass is 9.96. The zero-order valence-electron chi connectivity index (χ0n) is 19.9. The highest BCUT2D eigenvalue weighted by molar-refractivity contribution is 5.99. The van der Waals surface area contributed by atoms with Crippen molar-refractivity contribution in [3.05, 3.63) is 96.7 Å². The number of ether oxygens (including phenoxy) is 1. The van der Waals surface area contributed by atoms with E-state index in [2.05, 4.69) is 36.9 Å². The Morgan fingerprint density at radius 2 is 1.84 bits per heavy atom. The Morgan fingerprint density at radius 1 is 0.919 bits per heavy atom. The number of nitrogens with zero attached hydrogens (tertiary/aromatic N) is 6. The van der Waals surface area contributed by atoms with Crippen molar-refractivity contribution in [1.82, 2.24) is 29.9 Å². The van der Waals surface area contributed by atoms with Gasteiger partial charge in [0.2, 0.25) is 5.82 Å². The van der Waals surface area contributed by atoms with E-state index in [9.17, 15) is 0 Å². The van der Waals surface area contributed by atoms with Gasteiger partial charge in [-0.3, -0.25) is 14.6 Å². The maximum absolute atomic E-state index is 6.00. The van der Waals surface area contributed by atoms with Crippen LogP contribution in [0.25, 0.3) is 44.9 Å². The van der Waals surface area contributed by atoms with Crippen molar-refractivity contribution in [1.29, 1.82) is 0 Å². The molecule has 1 aliphatic heterocycles. The minimum Gasteiger partial charge on any atom is -0.485 e. The minimum absolute atomic E-state index is 0.197. The molecule has 180 valence electrons. The van der Waals surface area contributed by atoms with E-state index in [4.69, 9.17) is 14.4 Å². The lowest BCUT2D eigenvalue weighted by Gasteiger charge is -2.10. The van der Waals surface area contributed by atoms with E-state index in [-0.39, 0.29) is 6.61 Å². The molecule has 0 saturated heterocycles. The van der Waals surface area contributed by atoms with Crippen molar-refractivity contribution in [3.8, 4) is 39.7 Å². The Morgan fingerprint density at radius 3 is 2.73 bits per heavy atom. The summed E-state index contributed by atoms with van der Waals surface area (Å²) in [7, 11) is 0. The van der Waals surface area contributed by atoms with Crippen LogP contribution in [0, 0.1) is 0 Å². The summed E-state index contributed by atoms with van der Waals surface area (Å²) < 4.78 is 13.5. The van der Waals surface area contributed by atoms with Gasteiger partial charge in [-0.2, -0.15) is 10.1 Å². The summed E-state index contributed by atoms with van der Waals surface area (Å²) in [6, 6.07) is 23.6. The molecule has 2 aromatic carbocycles. The van der Waals surface area contributed by atoms with Crippen LogP contribution in [0.15, 0.2) is 89.7 Å². The second-order valence-corrected chi connectivity index (χ2v) is 8.92. The number of rotatable bonds is 6. The highest BCUT2D eigenvalue weighted by atomic mass is 16.5. The quantitative estimate of drug-likeness (QED) is 0.297. The van der Waals surface area contributed by atoms with E-state index < -0.39 is 0 Å². The van der Waals surface area contributed by atoms with Gasteiger partial charge in [-0.1, -0.05) is 29.4 Å². The first-order valence-corrected chi connectivity index (χ1v) is 12.2. The smallest absolute Gasteiger partial charge is 0.258 e. The molecule has 0 bridgehead atoms. The number of benzene rings is 2. The molecule has 8 heteroatoms. The number of pyridine rings is 2. The van der Waals surface area contributed by atoms with Crippen LogP contribution in [0.1, 0.15) is 17.9 Å². The molecule has 0 aliphatic carbocycles. The van der Waals surface area contributed by atoms with Crippen LogP contribution >= 0.6 is 0 Å². The van der Waals surface area contributed by atoms with Gasteiger partial charge in [-0.15, -0.1) is 0 Å². The molecule has 0 unspecified atom stereocenters. The van der Waals surface area contributed by atoms with Gasteiger partial charge in [0.05, 0.1) is 11.2 Å². The highest BCUT2D eigenvalue weighted by Gasteiger charge is 2.25. The first-order valence-electron chi connectivity index (χ1n) is 12.2. The number of fused-ring (bicyclic) bond motifs is 2. The normalized spacial score (nSPS) is 12.6. The van der Waals surface area contributed by atoms with Gasteiger partial charge in [-0.05, 0) is 60.9 Å². The second kappa shape index (κ2) is 8.98. The van der Waals surface area contributed by atoms with E-state index in [1.165, 1.54) is 5.69 Å². The van der Waals surface area contributed by atoms with Gasteiger partial charge in [0.15, 0.2) is 6.61 Å². The monoisotopic (exact) mass is 486 g/mol. The summed E-state index contributed by atoms with van der Waals surface area (Å²) in [5, 5.41) is 10.0. The summed E-state index contributed by atoms with van der Waals surface area (Å²) in [6.45, 7) is 1.13. The molecule has 7 rings (SSSR count). The van der Waals surface area contributed by atoms with Crippen LogP contribution in [-0.4, -0.2) is 29.9 Å². The summed E-state index contributed by atoms with van der Waals surface area (Å²) in [5.41, 5.74) is 7.00. The Bertz CT molecular complexity index is 1710. The van der Waals surface area contributed by atoms with Gasteiger partial charge < -0.3 is 9.26 Å². The molecule has 0 saturated carbocycles. The molecule has 5 heterocycles. The molecule has 1 aliphatic rings. The van der Waals surface area contributed by atoms with Gasteiger partial charge in [0.1, 0.15) is 11.4 Å². The zero-order valence-corrected chi connectivity index (χ0v) is 19.9. The molecular formula is C29H22N6O2. The fourth-order valence-corrected chi connectivity index (χ4v) is 4.89. The summed E-state index contributed by atoms with van der Waals surface area (Å²) in [6.07, 6.45) is 5.75. The lowest BCUT2D eigenvalue weighted by molar-refractivity contribution is 0.287. The topological polar surface area (TPSA) is 91.8 Å². The molecule has 0 atom stereocenters. The number of hydrogen-bond donors (Lipinski definition) is 0. The average molecular weight is 487 g/mol. The Balaban J connectivity index is 1.20. The molecule has 8 nitrogen and oxygen atoms in total. The van der Waals surface area contributed by atoms with Crippen LogP contribution in [0.3, 0.4) is 0 Å². The number of aromatic nitrogens is 6. The number of aryl methyl sites for hydroxylation is 1. The standard InChI is InChI=1S/C29H22N6O2/c1-2-7-19(8-3-1)29-32-26(34-37-29)18-36-20-11-12-21-22(13-15-31-24(21)17-20)27-25-10-6-16-35(25)33-28(27)23-9-4-5-14-30-23/h1-5,7-9,11-15,17H,6,10,16,18H2. The molecule has 0 spiro atoms. The molecule has 0 fully saturated rings. The van der Waals surface area contributed by atoms with Crippen LogP contribution in [0.5, 0.6) is 5.75 Å². The van der Waals surface area contributed by atoms with Crippen LogP contribution in [0.2, 0.25) is 0 Å². The highest BCUT2D eigenvalue weighted by Crippen LogP contribution is 2.40. The Hall–Kier alpha value is -4.85. The van der Waals surface area contributed by atoms with Gasteiger partial charge in [0, 0.05) is 47.2 Å². The third kappa shape index (κ3) is 3.92. The van der Waals surface area contributed by atoms with Gasteiger partial charge in [0.25, 0.3) is 5.89 Å². The van der Waals surface area contributed by atoms with Gasteiger partial charge in [-0.25, -0.2) is 0 Å². The lowest BCUT2D eigenvalue weighted by Crippen LogP contribution is -1.98. The maximum atomic E-state index is 6.00. The predicted molar refractivity (Wildman–Crippen MR) is 139 cm³/mol. The Labute approximate surface area is 212 Å². The van der Waals surface area contributed by atoms with Crippen molar-refractivity contribution in [2.75, 3.05) is 0 Å². The van der Waals surface area contributed by atoms with E-state index in [0.717, 1.165) is 58.4 Å². The first kappa shape index (κ1) is 21.4. The molecule has 6 aromatic rings. The van der Waals surface area contributed by atoms with Gasteiger partial charge >= 0.3 is 0 Å². The summed E-state index contributed by atoms with van der Waals surface area (Å²) in [4.78, 5) is 13.7. The SMILES string of the molecule is c1ccc(-c2nc(COc3ccc4c(-c5c(-c6ccccn6)nn6c5CCC6)ccnc4c3)no2)cc1. The molecule has 0 radical (unpaired) electrons. The van der Waals surface area contributed by atoms with Crippen molar-refractivity contribution in [2.45, 2.75) is 26.0 Å². The van der Waals surface area contributed by atoms with E-state index in [1.807, 2.05) is 73.1 Å². The molecule has 0 N–H and O–H groups in total. The van der Waals surface area contributed by atoms with E-state index in [0.29, 0.717) is 17.5 Å². The van der Waals surface area contributed by atoms with Crippen LogP contribution < -0.4 is 4.74 Å². The maximum Gasteiger partial charge on any atom is 0.258 e. The molecule has 4 aromatic heterocycles. The van der Waals surface area contributed by atoms with Crippen molar-refractivity contribution >= 4 is 10.9 Å². The Kier molecular flexibility index (Phi) is 5.20. The van der Waals surface area contributed by atoms with Crippen LogP contribution in [0.4, 0.5) is 0 Å². The van der Waals surface area contributed by atoms with Crippen molar-refractivity contribution < 1.29 is 9.26 Å². The average Bonchev–Trinajstić information content (AvgIpc) is 3.69. The first-order chi connectivity index (χ1) is 18.3.